The lowest BCUT2D eigenvalue weighted by Crippen LogP contribution is -2.40. The first kappa shape index (κ1) is 16.0. The van der Waals surface area contributed by atoms with Crippen LogP contribution in [0.15, 0.2) is 0 Å². The molecule has 5 nitrogen and oxygen atoms in total. The zero-order valence-corrected chi connectivity index (χ0v) is 11.9. The third kappa shape index (κ3) is 6.57. The van der Waals surface area contributed by atoms with Gasteiger partial charge in [-0.1, -0.05) is 13.8 Å². The van der Waals surface area contributed by atoms with Crippen LogP contribution in [-0.2, 0) is 14.3 Å². The van der Waals surface area contributed by atoms with Crippen molar-refractivity contribution in [2.75, 3.05) is 13.2 Å². The predicted octanol–water partition coefficient (Wildman–Crippen LogP) is 1.81. The standard InChI is InChI=1S/C14H25NO4/c1-10(2)7-11(8-13(16)17)9-15-14(18)12-5-3-4-6-19-12/h10-12H,3-9H2,1-2H3,(H,15,18)(H,16,17)/t11-,12?/m0/s1. The van der Waals surface area contributed by atoms with Gasteiger partial charge in [0.25, 0.3) is 0 Å². The summed E-state index contributed by atoms with van der Waals surface area (Å²) in [5.41, 5.74) is 0. The number of aliphatic carboxylic acids is 1. The third-order valence-electron chi connectivity index (χ3n) is 3.31. The van der Waals surface area contributed by atoms with Gasteiger partial charge in [-0.2, -0.15) is 0 Å². The molecule has 2 atom stereocenters. The van der Waals surface area contributed by atoms with E-state index in [0.717, 1.165) is 25.7 Å². The molecular formula is C14H25NO4. The number of hydrogen-bond donors (Lipinski definition) is 2. The number of rotatable bonds is 7. The molecule has 1 saturated heterocycles. The van der Waals surface area contributed by atoms with Crippen molar-refractivity contribution in [2.45, 2.75) is 52.1 Å². The topological polar surface area (TPSA) is 75.6 Å². The molecular weight excluding hydrogens is 246 g/mol. The Kier molecular flexibility index (Phi) is 6.84. The molecule has 0 spiro atoms. The molecule has 0 aromatic heterocycles. The molecule has 5 heteroatoms. The Morgan fingerprint density at radius 3 is 2.63 bits per heavy atom. The average molecular weight is 271 g/mol. The van der Waals surface area contributed by atoms with Gasteiger partial charge in [0.15, 0.2) is 0 Å². The van der Waals surface area contributed by atoms with E-state index in [1.807, 2.05) is 0 Å². The molecule has 1 fully saturated rings. The van der Waals surface area contributed by atoms with Crippen molar-refractivity contribution in [1.29, 1.82) is 0 Å². The van der Waals surface area contributed by atoms with Gasteiger partial charge in [0.2, 0.25) is 5.91 Å². The number of nitrogens with one attached hydrogen (secondary N) is 1. The maximum Gasteiger partial charge on any atom is 0.303 e. The highest BCUT2D eigenvalue weighted by molar-refractivity contribution is 5.80. The summed E-state index contributed by atoms with van der Waals surface area (Å²) in [6.07, 6.45) is 3.35. The summed E-state index contributed by atoms with van der Waals surface area (Å²) in [6, 6.07) is 0. The van der Waals surface area contributed by atoms with Crippen molar-refractivity contribution >= 4 is 11.9 Å². The first-order valence-electron chi connectivity index (χ1n) is 7.10. The van der Waals surface area contributed by atoms with Crippen LogP contribution in [0, 0.1) is 11.8 Å². The smallest absolute Gasteiger partial charge is 0.303 e. The van der Waals surface area contributed by atoms with E-state index in [2.05, 4.69) is 19.2 Å². The zero-order chi connectivity index (χ0) is 14.3. The molecule has 0 saturated carbocycles. The van der Waals surface area contributed by atoms with E-state index >= 15 is 0 Å². The molecule has 1 aliphatic heterocycles. The van der Waals surface area contributed by atoms with Crippen molar-refractivity contribution in [2.24, 2.45) is 11.8 Å². The first-order valence-corrected chi connectivity index (χ1v) is 7.10. The number of carboxylic acid groups (broad SMARTS) is 1. The van der Waals surface area contributed by atoms with Gasteiger partial charge in [-0.3, -0.25) is 9.59 Å². The zero-order valence-electron chi connectivity index (χ0n) is 11.9. The van der Waals surface area contributed by atoms with E-state index < -0.39 is 5.97 Å². The molecule has 1 aliphatic rings. The average Bonchev–Trinajstić information content (AvgIpc) is 2.35. The Labute approximate surface area is 114 Å². The lowest BCUT2D eigenvalue weighted by molar-refractivity contribution is -0.139. The van der Waals surface area contributed by atoms with Crippen molar-refractivity contribution in [3.05, 3.63) is 0 Å². The minimum absolute atomic E-state index is 0.00922. The Morgan fingerprint density at radius 1 is 1.37 bits per heavy atom. The van der Waals surface area contributed by atoms with Crippen LogP contribution in [0.1, 0.15) is 46.0 Å². The molecule has 2 N–H and O–H groups in total. The number of carboxylic acids is 1. The molecule has 1 unspecified atom stereocenters. The van der Waals surface area contributed by atoms with Crippen LogP contribution in [0.3, 0.4) is 0 Å². The molecule has 0 aromatic rings. The van der Waals surface area contributed by atoms with E-state index in [4.69, 9.17) is 9.84 Å². The van der Waals surface area contributed by atoms with Gasteiger partial charge >= 0.3 is 5.97 Å². The van der Waals surface area contributed by atoms with E-state index in [9.17, 15) is 9.59 Å². The summed E-state index contributed by atoms with van der Waals surface area (Å²) in [5, 5.41) is 11.7. The van der Waals surface area contributed by atoms with Gasteiger partial charge in [0.05, 0.1) is 0 Å². The molecule has 0 aromatic carbocycles. The summed E-state index contributed by atoms with van der Waals surface area (Å²) in [4.78, 5) is 22.7. The second kappa shape index (κ2) is 8.15. The summed E-state index contributed by atoms with van der Waals surface area (Å²) in [5.74, 6) is -0.495. The van der Waals surface area contributed by atoms with Crippen LogP contribution in [0.25, 0.3) is 0 Å². The SMILES string of the molecule is CC(C)C[C@H](CNC(=O)C1CCCCO1)CC(=O)O. The van der Waals surface area contributed by atoms with Gasteiger partial charge in [-0.15, -0.1) is 0 Å². The summed E-state index contributed by atoms with van der Waals surface area (Å²) >= 11 is 0. The quantitative estimate of drug-likeness (QED) is 0.740. The Balaban J connectivity index is 2.36. The molecule has 0 aliphatic carbocycles. The number of carbonyl (C=O) groups excluding carboxylic acids is 1. The number of ether oxygens (including phenoxy) is 1. The maximum atomic E-state index is 11.9. The van der Waals surface area contributed by atoms with Crippen LogP contribution in [0.5, 0.6) is 0 Å². The maximum absolute atomic E-state index is 11.9. The molecule has 1 heterocycles. The van der Waals surface area contributed by atoms with Gasteiger partial charge in [-0.25, -0.2) is 0 Å². The van der Waals surface area contributed by atoms with Crippen molar-refractivity contribution in [3.8, 4) is 0 Å². The normalized spacial score (nSPS) is 21.1. The number of amides is 1. The highest BCUT2D eigenvalue weighted by Crippen LogP contribution is 2.16. The fourth-order valence-corrected chi connectivity index (χ4v) is 2.46. The van der Waals surface area contributed by atoms with Gasteiger partial charge in [0.1, 0.15) is 6.10 Å². The van der Waals surface area contributed by atoms with Crippen molar-refractivity contribution < 1.29 is 19.4 Å². The summed E-state index contributed by atoms with van der Waals surface area (Å²) < 4.78 is 5.41. The first-order chi connectivity index (χ1) is 8.99. The summed E-state index contributed by atoms with van der Waals surface area (Å²) in [7, 11) is 0. The number of carbonyl (C=O) groups is 2. The Morgan fingerprint density at radius 2 is 2.11 bits per heavy atom. The lowest BCUT2D eigenvalue weighted by Gasteiger charge is -2.23. The highest BCUT2D eigenvalue weighted by atomic mass is 16.5. The van der Waals surface area contributed by atoms with E-state index in [1.165, 1.54) is 0 Å². The molecule has 0 radical (unpaired) electrons. The van der Waals surface area contributed by atoms with Crippen LogP contribution >= 0.6 is 0 Å². The molecule has 1 amide bonds. The lowest BCUT2D eigenvalue weighted by atomic mass is 9.94. The van der Waals surface area contributed by atoms with Crippen LogP contribution in [0.2, 0.25) is 0 Å². The van der Waals surface area contributed by atoms with Crippen LogP contribution < -0.4 is 5.32 Å². The monoisotopic (exact) mass is 271 g/mol. The van der Waals surface area contributed by atoms with Crippen molar-refractivity contribution in [3.63, 3.8) is 0 Å². The van der Waals surface area contributed by atoms with E-state index in [0.29, 0.717) is 19.1 Å². The van der Waals surface area contributed by atoms with E-state index in [1.54, 1.807) is 0 Å². The van der Waals surface area contributed by atoms with Crippen LogP contribution in [-0.4, -0.2) is 36.2 Å². The second-order valence-corrected chi connectivity index (χ2v) is 5.69. The molecule has 19 heavy (non-hydrogen) atoms. The molecule has 0 bridgehead atoms. The number of hydrogen-bond acceptors (Lipinski definition) is 3. The van der Waals surface area contributed by atoms with Crippen molar-refractivity contribution in [1.82, 2.24) is 5.32 Å². The van der Waals surface area contributed by atoms with Crippen LogP contribution in [0.4, 0.5) is 0 Å². The Hall–Kier alpha value is -1.10. The minimum Gasteiger partial charge on any atom is -0.481 e. The van der Waals surface area contributed by atoms with Gasteiger partial charge in [0, 0.05) is 19.6 Å². The highest BCUT2D eigenvalue weighted by Gasteiger charge is 2.23. The van der Waals surface area contributed by atoms with Gasteiger partial charge in [-0.05, 0) is 37.5 Å². The fourth-order valence-electron chi connectivity index (χ4n) is 2.46. The summed E-state index contributed by atoms with van der Waals surface area (Å²) in [6.45, 7) is 5.17. The van der Waals surface area contributed by atoms with E-state index in [-0.39, 0.29) is 24.3 Å². The fraction of sp³-hybridized carbons (Fsp3) is 0.857. The van der Waals surface area contributed by atoms with Gasteiger partial charge < -0.3 is 15.2 Å². The minimum atomic E-state index is -0.811. The largest absolute Gasteiger partial charge is 0.481 e. The molecule has 1 rings (SSSR count). The second-order valence-electron chi connectivity index (χ2n) is 5.69. The molecule has 110 valence electrons. The third-order valence-corrected chi connectivity index (χ3v) is 3.31. The predicted molar refractivity (Wildman–Crippen MR) is 71.8 cm³/mol. The Bertz CT molecular complexity index is 298.